The van der Waals surface area contributed by atoms with E-state index < -0.39 is 11.4 Å². The average molecular weight is 274 g/mol. The zero-order chi connectivity index (χ0) is 13.2. The third-order valence-corrected chi connectivity index (χ3v) is 4.80. The molecule has 106 valence electrons. The van der Waals surface area contributed by atoms with Gasteiger partial charge in [-0.1, -0.05) is 13.8 Å². The highest BCUT2D eigenvalue weighted by Gasteiger charge is 2.51. The minimum absolute atomic E-state index is 0.191. The van der Waals surface area contributed by atoms with E-state index in [1.54, 1.807) is 6.26 Å². The molecule has 3 atom stereocenters. The second kappa shape index (κ2) is 6.09. The molecule has 0 saturated carbocycles. The van der Waals surface area contributed by atoms with Crippen molar-refractivity contribution >= 4 is 11.4 Å². The maximum Gasteiger partial charge on any atom is 0.115 e. The molecule has 0 bridgehead atoms. The Labute approximate surface area is 114 Å². The Morgan fingerprint density at radius 2 is 2.11 bits per heavy atom. The summed E-state index contributed by atoms with van der Waals surface area (Å²) in [7, 11) is 0. The molecule has 1 unspecified atom stereocenters. The minimum atomic E-state index is -0.969. The predicted octanol–water partition coefficient (Wildman–Crippen LogP) is 1.05. The van der Waals surface area contributed by atoms with Crippen molar-refractivity contribution in [3.63, 3.8) is 0 Å². The van der Waals surface area contributed by atoms with Gasteiger partial charge in [0.05, 0.1) is 18.8 Å². The van der Waals surface area contributed by atoms with E-state index in [4.69, 9.17) is 4.74 Å². The second-order valence-corrected chi connectivity index (χ2v) is 7.28. The summed E-state index contributed by atoms with van der Waals surface area (Å²) < 4.78 is 20.9. The van der Waals surface area contributed by atoms with Crippen molar-refractivity contribution in [2.75, 3.05) is 26.0 Å². The summed E-state index contributed by atoms with van der Waals surface area (Å²) in [5.74, 6) is 0.612. The van der Waals surface area contributed by atoms with Gasteiger partial charge >= 0.3 is 0 Å². The van der Waals surface area contributed by atoms with Gasteiger partial charge in [-0.25, -0.2) is 0 Å². The van der Waals surface area contributed by atoms with Crippen LogP contribution in [-0.2, 0) is 16.1 Å². The van der Waals surface area contributed by atoms with E-state index in [1.807, 2.05) is 0 Å². The van der Waals surface area contributed by atoms with Crippen molar-refractivity contribution in [2.45, 2.75) is 45.3 Å². The largest absolute Gasteiger partial charge is 0.598 e. The van der Waals surface area contributed by atoms with Gasteiger partial charge in [0.1, 0.15) is 6.26 Å². The predicted molar refractivity (Wildman–Crippen MR) is 74.7 cm³/mol. The third kappa shape index (κ3) is 3.20. The van der Waals surface area contributed by atoms with Crippen LogP contribution in [0.5, 0.6) is 0 Å². The first-order valence-electron chi connectivity index (χ1n) is 6.95. The molecule has 2 rings (SSSR count). The molecule has 4 nitrogen and oxygen atoms in total. The second-order valence-electron chi connectivity index (χ2n) is 6.14. The smallest absolute Gasteiger partial charge is 0.115 e. The van der Waals surface area contributed by atoms with Crippen molar-refractivity contribution in [3.05, 3.63) is 0 Å². The fourth-order valence-electron chi connectivity index (χ4n) is 3.28. The molecule has 18 heavy (non-hydrogen) atoms. The number of rotatable bonds is 4. The first kappa shape index (κ1) is 14.6. The fraction of sp³-hybridized carbons (Fsp3) is 1.00. The zero-order valence-corrected chi connectivity index (χ0v) is 12.5. The van der Waals surface area contributed by atoms with Crippen molar-refractivity contribution in [2.24, 2.45) is 11.3 Å². The standard InChI is InChI=1S/C13H26N2O2S/c1-10(2)8-11-12(15-18(3)16)13(9-17-11)4-6-14-7-5-13/h10-12,14-15H,4-9H2,1-3H3/t11-,12-,18?/m1/s1. The Morgan fingerprint density at radius 1 is 1.44 bits per heavy atom. The van der Waals surface area contributed by atoms with Gasteiger partial charge in [0.25, 0.3) is 0 Å². The third-order valence-electron chi connectivity index (χ3n) is 4.21. The SMILES string of the molecule is CC(C)C[C@H]1OCC2(CCNCC2)[C@@H]1N[S+](C)[O-]. The van der Waals surface area contributed by atoms with Crippen LogP contribution in [0.4, 0.5) is 0 Å². The summed E-state index contributed by atoms with van der Waals surface area (Å²) >= 11 is -0.969. The van der Waals surface area contributed by atoms with Crippen LogP contribution in [-0.4, -0.2) is 42.7 Å². The van der Waals surface area contributed by atoms with Crippen LogP contribution in [0.1, 0.15) is 33.1 Å². The normalized spacial score (nSPS) is 33.2. The van der Waals surface area contributed by atoms with E-state index in [0.29, 0.717) is 5.92 Å². The molecule has 0 radical (unpaired) electrons. The summed E-state index contributed by atoms with van der Waals surface area (Å²) in [5, 5.41) is 3.41. The van der Waals surface area contributed by atoms with Crippen LogP contribution >= 0.6 is 0 Å². The molecule has 2 aliphatic heterocycles. The van der Waals surface area contributed by atoms with E-state index >= 15 is 0 Å². The Morgan fingerprint density at radius 3 is 2.67 bits per heavy atom. The lowest BCUT2D eigenvalue weighted by molar-refractivity contribution is 0.0740. The quantitative estimate of drug-likeness (QED) is 0.753. The van der Waals surface area contributed by atoms with Crippen molar-refractivity contribution in [1.29, 1.82) is 0 Å². The lowest BCUT2D eigenvalue weighted by Gasteiger charge is -2.38. The molecule has 1 spiro atoms. The Hall–Kier alpha value is 0.190. The van der Waals surface area contributed by atoms with E-state index in [1.165, 1.54) is 0 Å². The maximum atomic E-state index is 11.6. The Balaban J connectivity index is 2.09. The van der Waals surface area contributed by atoms with Gasteiger partial charge in [-0.15, -0.1) is 4.72 Å². The van der Waals surface area contributed by atoms with Crippen molar-refractivity contribution in [1.82, 2.24) is 10.0 Å². The van der Waals surface area contributed by atoms with Gasteiger partial charge < -0.3 is 14.6 Å². The highest BCUT2D eigenvalue weighted by atomic mass is 32.2. The number of piperidine rings is 1. The number of nitrogens with one attached hydrogen (secondary N) is 2. The minimum Gasteiger partial charge on any atom is -0.598 e. The van der Waals surface area contributed by atoms with Gasteiger partial charge in [0.15, 0.2) is 0 Å². The number of hydrogen-bond acceptors (Lipinski definition) is 4. The molecule has 2 aliphatic rings. The lowest BCUT2D eigenvalue weighted by atomic mass is 9.73. The molecular weight excluding hydrogens is 248 g/mol. The summed E-state index contributed by atoms with van der Waals surface area (Å²) in [6, 6.07) is 0.243. The number of ether oxygens (including phenoxy) is 1. The van der Waals surface area contributed by atoms with Crippen molar-refractivity contribution < 1.29 is 9.29 Å². The molecule has 0 aliphatic carbocycles. The number of hydrogen-bond donors (Lipinski definition) is 2. The van der Waals surface area contributed by atoms with Crippen LogP contribution in [0.25, 0.3) is 0 Å². The summed E-state index contributed by atoms with van der Waals surface area (Å²) in [5.41, 5.74) is 0.191. The van der Waals surface area contributed by atoms with Crippen molar-refractivity contribution in [3.8, 4) is 0 Å². The molecule has 2 heterocycles. The van der Waals surface area contributed by atoms with Gasteiger partial charge in [-0.3, -0.25) is 0 Å². The molecule has 2 fully saturated rings. The molecule has 2 saturated heterocycles. The zero-order valence-electron chi connectivity index (χ0n) is 11.7. The first-order chi connectivity index (χ1) is 8.53. The summed E-state index contributed by atoms with van der Waals surface area (Å²) in [6.45, 7) is 7.35. The van der Waals surface area contributed by atoms with Crippen LogP contribution in [0.2, 0.25) is 0 Å². The van der Waals surface area contributed by atoms with Gasteiger partial charge in [-0.05, 0) is 38.3 Å². The maximum absolute atomic E-state index is 11.6. The average Bonchev–Trinajstić information content (AvgIpc) is 2.59. The van der Waals surface area contributed by atoms with E-state index in [2.05, 4.69) is 23.9 Å². The molecule has 2 N–H and O–H groups in total. The Kier molecular flexibility index (Phi) is 4.94. The lowest BCUT2D eigenvalue weighted by Crippen LogP contribution is -2.53. The highest BCUT2D eigenvalue weighted by Crippen LogP contribution is 2.42. The highest BCUT2D eigenvalue weighted by molar-refractivity contribution is 7.88. The molecule has 0 aromatic carbocycles. The van der Waals surface area contributed by atoms with E-state index in [9.17, 15) is 4.55 Å². The fourth-order valence-corrected chi connectivity index (χ4v) is 4.04. The first-order valence-corrected chi connectivity index (χ1v) is 8.51. The molecule has 0 amide bonds. The van der Waals surface area contributed by atoms with Crippen LogP contribution in [0.3, 0.4) is 0 Å². The summed E-state index contributed by atoms with van der Waals surface area (Å²) in [4.78, 5) is 0. The van der Waals surface area contributed by atoms with Crippen LogP contribution in [0, 0.1) is 11.3 Å². The van der Waals surface area contributed by atoms with Gasteiger partial charge in [-0.2, -0.15) is 0 Å². The van der Waals surface area contributed by atoms with E-state index in [0.717, 1.165) is 39.0 Å². The molecule has 0 aromatic heterocycles. The Bertz CT molecular complexity index is 268. The molecule has 5 heteroatoms. The molecular formula is C13H26N2O2S. The topological polar surface area (TPSA) is 56.3 Å². The monoisotopic (exact) mass is 274 g/mol. The summed E-state index contributed by atoms with van der Waals surface area (Å²) in [6.07, 6.45) is 5.23. The van der Waals surface area contributed by atoms with Crippen LogP contribution in [0.15, 0.2) is 0 Å². The van der Waals surface area contributed by atoms with Gasteiger partial charge in [0, 0.05) is 16.8 Å². The van der Waals surface area contributed by atoms with Gasteiger partial charge in [0.2, 0.25) is 0 Å². The molecule has 0 aromatic rings. The van der Waals surface area contributed by atoms with E-state index in [-0.39, 0.29) is 17.6 Å². The van der Waals surface area contributed by atoms with Crippen LogP contribution < -0.4 is 10.0 Å².